The van der Waals surface area contributed by atoms with Gasteiger partial charge >= 0.3 is 0 Å². The fourth-order valence-corrected chi connectivity index (χ4v) is 2.31. The molecular formula is C17H15N3O. The summed E-state index contributed by atoms with van der Waals surface area (Å²) < 4.78 is 0. The van der Waals surface area contributed by atoms with Crippen molar-refractivity contribution in [2.75, 3.05) is 11.1 Å². The molecule has 1 amide bonds. The number of carbonyl (C=O) groups is 1. The molecule has 0 aliphatic rings. The summed E-state index contributed by atoms with van der Waals surface area (Å²) in [6, 6.07) is 13.0. The Hall–Kier alpha value is -2.88. The number of nitrogens with two attached hydrogens (primary N) is 1. The van der Waals surface area contributed by atoms with Gasteiger partial charge < -0.3 is 11.1 Å². The first kappa shape index (κ1) is 13.1. The van der Waals surface area contributed by atoms with Gasteiger partial charge in [-0.25, -0.2) is 0 Å². The van der Waals surface area contributed by atoms with Crippen LogP contribution < -0.4 is 11.1 Å². The van der Waals surface area contributed by atoms with Crippen LogP contribution in [0.4, 0.5) is 11.4 Å². The zero-order chi connectivity index (χ0) is 14.8. The third-order valence-electron chi connectivity index (χ3n) is 3.38. The molecule has 1 aromatic heterocycles. The number of nitrogen functional groups attached to an aromatic ring is 1. The second kappa shape index (κ2) is 5.25. The predicted molar refractivity (Wildman–Crippen MR) is 85.3 cm³/mol. The number of pyridine rings is 1. The lowest BCUT2D eigenvalue weighted by Gasteiger charge is -2.10. The lowest BCUT2D eigenvalue weighted by molar-refractivity contribution is 0.102. The van der Waals surface area contributed by atoms with Crippen molar-refractivity contribution in [1.82, 2.24) is 4.98 Å². The molecule has 0 saturated heterocycles. The van der Waals surface area contributed by atoms with Crippen LogP contribution in [-0.2, 0) is 0 Å². The third kappa shape index (κ3) is 2.56. The lowest BCUT2D eigenvalue weighted by atomic mass is 10.1. The molecule has 4 nitrogen and oxygen atoms in total. The molecule has 3 aromatic rings. The number of nitrogens with zero attached hydrogens (tertiary/aromatic N) is 1. The van der Waals surface area contributed by atoms with Gasteiger partial charge in [0.2, 0.25) is 0 Å². The Bertz CT molecular complexity index is 822. The summed E-state index contributed by atoms with van der Waals surface area (Å²) in [6.45, 7) is 1.94. The average molecular weight is 277 g/mol. The van der Waals surface area contributed by atoms with E-state index in [2.05, 4.69) is 10.3 Å². The van der Waals surface area contributed by atoms with Crippen LogP contribution in [-0.4, -0.2) is 10.9 Å². The van der Waals surface area contributed by atoms with Crippen LogP contribution >= 0.6 is 0 Å². The van der Waals surface area contributed by atoms with E-state index in [1.165, 1.54) is 0 Å². The van der Waals surface area contributed by atoms with E-state index in [4.69, 9.17) is 5.73 Å². The molecule has 21 heavy (non-hydrogen) atoms. The SMILES string of the molecule is Cc1ccc(C(=O)Nc2cccc3cnccc23)c(N)c1. The van der Waals surface area contributed by atoms with Crippen LogP contribution in [0.15, 0.2) is 54.9 Å². The van der Waals surface area contributed by atoms with Gasteiger partial charge in [0.25, 0.3) is 5.91 Å². The Kier molecular flexibility index (Phi) is 3.28. The highest BCUT2D eigenvalue weighted by atomic mass is 16.1. The maximum atomic E-state index is 12.4. The minimum absolute atomic E-state index is 0.211. The van der Waals surface area contributed by atoms with Gasteiger partial charge in [-0.3, -0.25) is 9.78 Å². The van der Waals surface area contributed by atoms with E-state index in [-0.39, 0.29) is 5.91 Å². The van der Waals surface area contributed by atoms with Crippen molar-refractivity contribution < 1.29 is 4.79 Å². The van der Waals surface area contributed by atoms with E-state index in [0.29, 0.717) is 11.3 Å². The quantitative estimate of drug-likeness (QED) is 0.706. The highest BCUT2D eigenvalue weighted by Crippen LogP contribution is 2.23. The van der Waals surface area contributed by atoms with Crippen LogP contribution in [0.1, 0.15) is 15.9 Å². The van der Waals surface area contributed by atoms with Gasteiger partial charge in [0.05, 0.1) is 5.56 Å². The van der Waals surface area contributed by atoms with Gasteiger partial charge in [0, 0.05) is 34.5 Å². The van der Waals surface area contributed by atoms with Crippen LogP contribution in [0.3, 0.4) is 0 Å². The van der Waals surface area contributed by atoms with Gasteiger partial charge in [-0.1, -0.05) is 18.2 Å². The standard InChI is InChI=1S/C17H15N3O/c1-11-5-6-14(15(18)9-11)17(21)20-16-4-2-3-12-10-19-8-7-13(12)16/h2-10H,18H2,1H3,(H,20,21). The predicted octanol–water partition coefficient (Wildman–Crippen LogP) is 3.38. The Morgan fingerprint density at radius 2 is 2.05 bits per heavy atom. The third-order valence-corrected chi connectivity index (χ3v) is 3.38. The van der Waals surface area contributed by atoms with Crippen molar-refractivity contribution in [2.24, 2.45) is 0 Å². The van der Waals surface area contributed by atoms with E-state index in [9.17, 15) is 4.79 Å². The summed E-state index contributed by atoms with van der Waals surface area (Å²) in [4.78, 5) is 16.5. The molecule has 3 N–H and O–H groups in total. The molecule has 0 atom stereocenters. The lowest BCUT2D eigenvalue weighted by Crippen LogP contribution is -2.14. The minimum atomic E-state index is -0.211. The number of hydrogen-bond acceptors (Lipinski definition) is 3. The summed E-state index contributed by atoms with van der Waals surface area (Å²) in [7, 11) is 0. The molecule has 4 heteroatoms. The van der Waals surface area contributed by atoms with E-state index >= 15 is 0 Å². The molecule has 0 radical (unpaired) electrons. The van der Waals surface area contributed by atoms with Gasteiger partial charge in [-0.15, -0.1) is 0 Å². The second-order valence-corrected chi connectivity index (χ2v) is 4.95. The molecule has 0 aliphatic carbocycles. The van der Waals surface area contributed by atoms with E-state index in [1.54, 1.807) is 24.5 Å². The number of rotatable bonds is 2. The maximum Gasteiger partial charge on any atom is 0.257 e. The summed E-state index contributed by atoms with van der Waals surface area (Å²) >= 11 is 0. The number of carbonyl (C=O) groups excluding carboxylic acids is 1. The van der Waals surface area contributed by atoms with Crippen molar-refractivity contribution >= 4 is 28.1 Å². The Labute approximate surface area is 122 Å². The first-order valence-electron chi connectivity index (χ1n) is 6.65. The fraction of sp³-hybridized carbons (Fsp3) is 0.0588. The summed E-state index contributed by atoms with van der Waals surface area (Å²) in [5, 5.41) is 4.84. The van der Waals surface area contributed by atoms with Crippen LogP contribution in [0.5, 0.6) is 0 Å². The molecule has 0 fully saturated rings. The molecule has 0 spiro atoms. The van der Waals surface area contributed by atoms with Gasteiger partial charge in [-0.2, -0.15) is 0 Å². The Morgan fingerprint density at radius 3 is 2.86 bits per heavy atom. The van der Waals surface area contributed by atoms with Gasteiger partial charge in [0.15, 0.2) is 0 Å². The number of aryl methyl sites for hydroxylation is 1. The molecule has 2 aromatic carbocycles. The highest BCUT2D eigenvalue weighted by molar-refractivity contribution is 6.11. The molecule has 0 saturated carbocycles. The molecule has 0 unspecified atom stereocenters. The Balaban J connectivity index is 1.97. The normalized spacial score (nSPS) is 10.5. The summed E-state index contributed by atoms with van der Waals surface area (Å²) in [6.07, 6.45) is 3.48. The van der Waals surface area contributed by atoms with Crippen molar-refractivity contribution in [2.45, 2.75) is 6.92 Å². The van der Waals surface area contributed by atoms with E-state index in [0.717, 1.165) is 22.0 Å². The van der Waals surface area contributed by atoms with Crippen molar-refractivity contribution in [1.29, 1.82) is 0 Å². The maximum absolute atomic E-state index is 12.4. The second-order valence-electron chi connectivity index (χ2n) is 4.95. The fourth-order valence-electron chi connectivity index (χ4n) is 2.31. The Morgan fingerprint density at radius 1 is 1.19 bits per heavy atom. The number of nitrogens with one attached hydrogen (secondary N) is 1. The molecule has 3 rings (SSSR count). The monoisotopic (exact) mass is 277 g/mol. The number of fused-ring (bicyclic) bond motifs is 1. The average Bonchev–Trinajstić information content (AvgIpc) is 2.47. The van der Waals surface area contributed by atoms with Crippen molar-refractivity contribution in [3.8, 4) is 0 Å². The van der Waals surface area contributed by atoms with Gasteiger partial charge in [-0.05, 0) is 36.8 Å². The van der Waals surface area contributed by atoms with Crippen molar-refractivity contribution in [3.63, 3.8) is 0 Å². The van der Waals surface area contributed by atoms with E-state index < -0.39 is 0 Å². The highest BCUT2D eigenvalue weighted by Gasteiger charge is 2.11. The number of amides is 1. The molecule has 104 valence electrons. The van der Waals surface area contributed by atoms with Gasteiger partial charge in [0.1, 0.15) is 0 Å². The van der Waals surface area contributed by atoms with Crippen LogP contribution in [0.25, 0.3) is 10.8 Å². The first-order chi connectivity index (χ1) is 10.1. The number of hydrogen-bond donors (Lipinski definition) is 2. The van der Waals surface area contributed by atoms with E-state index in [1.807, 2.05) is 37.3 Å². The largest absolute Gasteiger partial charge is 0.398 e. The molecule has 1 heterocycles. The topological polar surface area (TPSA) is 68.0 Å². The number of aromatic nitrogens is 1. The molecule has 0 bridgehead atoms. The smallest absolute Gasteiger partial charge is 0.257 e. The molecule has 0 aliphatic heterocycles. The van der Waals surface area contributed by atoms with Crippen molar-refractivity contribution in [3.05, 3.63) is 66.0 Å². The minimum Gasteiger partial charge on any atom is -0.398 e. The number of anilines is 2. The zero-order valence-electron chi connectivity index (χ0n) is 11.6. The number of benzene rings is 2. The first-order valence-corrected chi connectivity index (χ1v) is 6.65. The zero-order valence-corrected chi connectivity index (χ0v) is 11.6. The van der Waals surface area contributed by atoms with Crippen LogP contribution in [0, 0.1) is 6.92 Å². The van der Waals surface area contributed by atoms with Crippen LogP contribution in [0.2, 0.25) is 0 Å². The summed E-state index contributed by atoms with van der Waals surface area (Å²) in [5.74, 6) is -0.211. The summed E-state index contributed by atoms with van der Waals surface area (Å²) in [5.41, 5.74) is 8.66. The molecular weight excluding hydrogens is 262 g/mol.